The fourth-order valence-electron chi connectivity index (χ4n) is 1.66. The molecule has 2 rings (SSSR count). The highest BCUT2D eigenvalue weighted by Crippen LogP contribution is 2.16. The second-order valence-corrected chi connectivity index (χ2v) is 4.16. The second kappa shape index (κ2) is 5.00. The Morgan fingerprint density at radius 1 is 1.25 bits per heavy atom. The van der Waals surface area contributed by atoms with Gasteiger partial charge >= 0.3 is 6.03 Å². The Balaban J connectivity index is 2.16. The first-order chi connectivity index (χ1) is 9.40. The summed E-state index contributed by atoms with van der Waals surface area (Å²) in [5.41, 5.74) is 0.313. The van der Waals surface area contributed by atoms with Crippen LogP contribution in [0.2, 0.25) is 0 Å². The minimum Gasteiger partial charge on any atom is -0.508 e. The number of rotatable bonds is 2. The van der Waals surface area contributed by atoms with E-state index in [2.05, 4.69) is 5.32 Å². The topological polar surface area (TPSA) is 116 Å². The summed E-state index contributed by atoms with van der Waals surface area (Å²) in [5.74, 6) is -4.31. The summed E-state index contributed by atoms with van der Waals surface area (Å²) < 4.78 is 0. The van der Waals surface area contributed by atoms with Gasteiger partial charge in [0.05, 0.1) is 0 Å². The van der Waals surface area contributed by atoms with Crippen molar-refractivity contribution in [2.45, 2.75) is 0 Å². The van der Waals surface area contributed by atoms with Crippen LogP contribution in [0.25, 0.3) is 0 Å². The highest BCUT2D eigenvalue weighted by molar-refractivity contribution is 6.28. The standard InChI is InChI=1S/C12H11N3O5/c1-15-11(19)8(10(18)14-12(15)20)9(17)13-6-2-4-7(16)5-3-6/h2-5,8,16H,1H3,(H,13,17)(H,14,18,20). The molecule has 0 aromatic heterocycles. The van der Waals surface area contributed by atoms with E-state index in [4.69, 9.17) is 5.11 Å². The molecule has 1 atom stereocenters. The third kappa shape index (κ3) is 2.44. The highest BCUT2D eigenvalue weighted by atomic mass is 16.3. The van der Waals surface area contributed by atoms with Crippen molar-refractivity contribution < 1.29 is 24.3 Å². The van der Waals surface area contributed by atoms with Gasteiger partial charge in [0.25, 0.3) is 5.91 Å². The van der Waals surface area contributed by atoms with Crippen LogP contribution in [0, 0.1) is 5.92 Å². The number of phenols is 1. The molecule has 0 bridgehead atoms. The van der Waals surface area contributed by atoms with Crippen LogP contribution in [0.15, 0.2) is 24.3 Å². The zero-order valence-electron chi connectivity index (χ0n) is 10.4. The normalized spacial score (nSPS) is 18.8. The van der Waals surface area contributed by atoms with Gasteiger partial charge in [-0.15, -0.1) is 0 Å². The van der Waals surface area contributed by atoms with E-state index in [1.807, 2.05) is 5.32 Å². The number of phenolic OH excluding ortho intramolecular Hbond substituents is 1. The molecule has 1 fully saturated rings. The Kier molecular flexibility index (Phi) is 3.38. The lowest BCUT2D eigenvalue weighted by Gasteiger charge is -2.26. The molecule has 1 aliphatic heterocycles. The van der Waals surface area contributed by atoms with E-state index < -0.39 is 29.7 Å². The number of nitrogens with zero attached hydrogens (tertiary/aromatic N) is 1. The minimum absolute atomic E-state index is 0.0137. The number of imide groups is 2. The van der Waals surface area contributed by atoms with Crippen molar-refractivity contribution in [3.05, 3.63) is 24.3 Å². The number of benzene rings is 1. The van der Waals surface area contributed by atoms with Crippen LogP contribution in [0.5, 0.6) is 5.75 Å². The van der Waals surface area contributed by atoms with Crippen LogP contribution >= 0.6 is 0 Å². The fraction of sp³-hybridized carbons (Fsp3) is 0.167. The largest absolute Gasteiger partial charge is 0.508 e. The van der Waals surface area contributed by atoms with E-state index in [9.17, 15) is 19.2 Å². The number of hydrogen-bond acceptors (Lipinski definition) is 5. The SMILES string of the molecule is CN1C(=O)NC(=O)C(C(=O)Nc2ccc(O)cc2)C1=O. The quantitative estimate of drug-likeness (QED) is 0.505. The van der Waals surface area contributed by atoms with Crippen LogP contribution in [0.4, 0.5) is 10.5 Å². The first-order valence-electron chi connectivity index (χ1n) is 5.62. The molecule has 1 saturated heterocycles. The average molecular weight is 277 g/mol. The van der Waals surface area contributed by atoms with Crippen molar-refractivity contribution in [3.63, 3.8) is 0 Å². The lowest BCUT2D eigenvalue weighted by molar-refractivity contribution is -0.145. The van der Waals surface area contributed by atoms with E-state index in [0.717, 1.165) is 0 Å². The van der Waals surface area contributed by atoms with Gasteiger partial charge in [-0.05, 0) is 24.3 Å². The zero-order valence-corrected chi connectivity index (χ0v) is 10.4. The molecule has 0 aliphatic carbocycles. The summed E-state index contributed by atoms with van der Waals surface area (Å²) >= 11 is 0. The number of nitrogens with one attached hydrogen (secondary N) is 2. The van der Waals surface area contributed by atoms with E-state index >= 15 is 0 Å². The summed E-state index contributed by atoms with van der Waals surface area (Å²) in [6.45, 7) is 0. The average Bonchev–Trinajstić information content (AvgIpc) is 2.39. The lowest BCUT2D eigenvalue weighted by Crippen LogP contribution is -2.59. The maximum Gasteiger partial charge on any atom is 0.330 e. The van der Waals surface area contributed by atoms with Crippen molar-refractivity contribution in [2.75, 3.05) is 12.4 Å². The number of carbonyl (C=O) groups is 4. The van der Waals surface area contributed by atoms with Gasteiger partial charge in [0.2, 0.25) is 11.8 Å². The van der Waals surface area contributed by atoms with Gasteiger partial charge in [0.1, 0.15) is 5.75 Å². The molecule has 20 heavy (non-hydrogen) atoms. The summed E-state index contributed by atoms with van der Waals surface area (Å²) in [5, 5.41) is 13.4. The molecule has 1 heterocycles. The summed E-state index contributed by atoms with van der Waals surface area (Å²) in [6, 6.07) is 4.64. The second-order valence-electron chi connectivity index (χ2n) is 4.16. The van der Waals surface area contributed by atoms with Crippen molar-refractivity contribution in [2.24, 2.45) is 5.92 Å². The van der Waals surface area contributed by atoms with Crippen molar-refractivity contribution in [1.29, 1.82) is 0 Å². The number of hydrogen-bond donors (Lipinski definition) is 3. The minimum atomic E-state index is -1.62. The van der Waals surface area contributed by atoms with Crippen molar-refractivity contribution in [3.8, 4) is 5.75 Å². The molecule has 0 saturated carbocycles. The molecule has 0 radical (unpaired) electrons. The number of barbiturate groups is 1. The van der Waals surface area contributed by atoms with Crippen molar-refractivity contribution >= 4 is 29.4 Å². The van der Waals surface area contributed by atoms with Gasteiger partial charge in [-0.25, -0.2) is 4.79 Å². The summed E-state index contributed by atoms with van der Waals surface area (Å²) in [6.07, 6.45) is 0. The number of aromatic hydroxyl groups is 1. The maximum atomic E-state index is 11.9. The van der Waals surface area contributed by atoms with Gasteiger partial charge in [0, 0.05) is 12.7 Å². The number of anilines is 1. The zero-order chi connectivity index (χ0) is 14.9. The van der Waals surface area contributed by atoms with Gasteiger partial charge in [-0.3, -0.25) is 24.6 Å². The molecule has 1 unspecified atom stereocenters. The molecular weight excluding hydrogens is 266 g/mol. The molecule has 1 aromatic rings. The first-order valence-corrected chi connectivity index (χ1v) is 5.62. The third-order valence-corrected chi connectivity index (χ3v) is 2.77. The number of amides is 5. The summed E-state index contributed by atoms with van der Waals surface area (Å²) in [7, 11) is 1.17. The molecule has 5 amide bonds. The number of carbonyl (C=O) groups excluding carboxylic acids is 4. The van der Waals surface area contributed by atoms with Gasteiger partial charge < -0.3 is 10.4 Å². The smallest absolute Gasteiger partial charge is 0.330 e. The van der Waals surface area contributed by atoms with E-state index in [1.165, 1.54) is 31.3 Å². The summed E-state index contributed by atoms with van der Waals surface area (Å²) in [4.78, 5) is 47.1. The Morgan fingerprint density at radius 3 is 2.45 bits per heavy atom. The van der Waals surface area contributed by atoms with Gasteiger partial charge in [-0.2, -0.15) is 0 Å². The molecular formula is C12H11N3O5. The van der Waals surface area contributed by atoms with Crippen LogP contribution in [-0.2, 0) is 14.4 Å². The molecule has 3 N–H and O–H groups in total. The maximum absolute atomic E-state index is 11.9. The molecule has 104 valence electrons. The highest BCUT2D eigenvalue weighted by Gasteiger charge is 2.43. The Hall–Kier alpha value is -2.90. The van der Waals surface area contributed by atoms with Crippen LogP contribution < -0.4 is 10.6 Å². The lowest BCUT2D eigenvalue weighted by atomic mass is 10.0. The van der Waals surface area contributed by atoms with E-state index in [-0.39, 0.29) is 5.75 Å². The Morgan fingerprint density at radius 2 is 1.85 bits per heavy atom. The van der Waals surface area contributed by atoms with E-state index in [0.29, 0.717) is 10.6 Å². The molecule has 1 aromatic carbocycles. The molecule has 0 spiro atoms. The number of urea groups is 1. The molecule has 8 nitrogen and oxygen atoms in total. The van der Waals surface area contributed by atoms with E-state index in [1.54, 1.807) is 0 Å². The van der Waals surface area contributed by atoms with Crippen molar-refractivity contribution in [1.82, 2.24) is 10.2 Å². The van der Waals surface area contributed by atoms with Crippen LogP contribution in [-0.4, -0.2) is 40.8 Å². The Bertz CT molecular complexity index is 596. The molecule has 1 aliphatic rings. The van der Waals surface area contributed by atoms with Gasteiger partial charge in [0.15, 0.2) is 5.92 Å². The van der Waals surface area contributed by atoms with Crippen LogP contribution in [0.1, 0.15) is 0 Å². The Labute approximate surface area is 113 Å². The van der Waals surface area contributed by atoms with Crippen LogP contribution in [0.3, 0.4) is 0 Å². The predicted molar refractivity (Wildman–Crippen MR) is 66.5 cm³/mol. The monoisotopic (exact) mass is 277 g/mol. The first kappa shape index (κ1) is 13.5. The van der Waals surface area contributed by atoms with Gasteiger partial charge in [-0.1, -0.05) is 0 Å². The third-order valence-electron chi connectivity index (χ3n) is 2.77. The fourth-order valence-corrected chi connectivity index (χ4v) is 1.66. The predicted octanol–water partition coefficient (Wildman–Crippen LogP) is -0.345. The molecule has 8 heteroatoms.